The number of hydrogen-bond donors (Lipinski definition) is 1. The lowest BCUT2D eigenvalue weighted by Gasteiger charge is -2.20. The van der Waals surface area contributed by atoms with Crippen LogP contribution in [0.1, 0.15) is 20.3 Å². The zero-order valence-corrected chi connectivity index (χ0v) is 14.7. The molecule has 23 heavy (non-hydrogen) atoms. The van der Waals surface area contributed by atoms with E-state index in [1.807, 2.05) is 13.8 Å². The first-order valence-corrected chi connectivity index (χ1v) is 8.18. The summed E-state index contributed by atoms with van der Waals surface area (Å²) >= 11 is 0. The zero-order valence-electron chi connectivity index (χ0n) is 13.1. The lowest BCUT2D eigenvalue weighted by atomic mass is 10.0. The van der Waals surface area contributed by atoms with Crippen LogP contribution in [0.3, 0.4) is 0 Å². The maximum absolute atomic E-state index is 12.3. The standard InChI is InChI=1S/C12H21F3N4O2S.ClH/c1-9(2)11(16)4-5-18(3)22(20,21)10-6-17-19(7-10)8-12(13,14)15;/h6-7,9,11H,4-5,8,16H2,1-3H3;1H. The summed E-state index contributed by atoms with van der Waals surface area (Å²) in [6.07, 6.45) is -2.20. The van der Waals surface area contributed by atoms with E-state index in [4.69, 9.17) is 5.73 Å². The van der Waals surface area contributed by atoms with E-state index in [1.54, 1.807) is 0 Å². The number of aromatic nitrogens is 2. The van der Waals surface area contributed by atoms with Crippen LogP contribution in [-0.4, -0.2) is 48.3 Å². The number of nitrogens with two attached hydrogens (primary N) is 1. The van der Waals surface area contributed by atoms with E-state index in [1.165, 1.54) is 7.05 Å². The van der Waals surface area contributed by atoms with Crippen LogP contribution < -0.4 is 5.73 Å². The van der Waals surface area contributed by atoms with Crippen LogP contribution in [0, 0.1) is 5.92 Å². The van der Waals surface area contributed by atoms with E-state index in [2.05, 4.69) is 5.10 Å². The van der Waals surface area contributed by atoms with Crippen LogP contribution in [0.25, 0.3) is 0 Å². The van der Waals surface area contributed by atoms with Gasteiger partial charge in [0.2, 0.25) is 10.0 Å². The lowest BCUT2D eigenvalue weighted by Crippen LogP contribution is -2.34. The third kappa shape index (κ3) is 6.66. The quantitative estimate of drug-likeness (QED) is 0.785. The number of sulfonamides is 1. The molecule has 0 saturated heterocycles. The smallest absolute Gasteiger partial charge is 0.327 e. The van der Waals surface area contributed by atoms with Crippen molar-refractivity contribution in [2.24, 2.45) is 11.7 Å². The fourth-order valence-corrected chi connectivity index (χ4v) is 2.85. The molecule has 1 atom stereocenters. The second-order valence-corrected chi connectivity index (χ2v) is 7.56. The average Bonchev–Trinajstić information content (AvgIpc) is 2.81. The molecule has 0 aliphatic carbocycles. The number of hydrogen-bond acceptors (Lipinski definition) is 4. The van der Waals surface area contributed by atoms with Gasteiger partial charge in [0.25, 0.3) is 0 Å². The third-order valence-electron chi connectivity index (χ3n) is 3.29. The molecule has 0 bridgehead atoms. The minimum absolute atomic E-state index is 0. The molecule has 0 spiro atoms. The van der Waals surface area contributed by atoms with Gasteiger partial charge < -0.3 is 5.73 Å². The van der Waals surface area contributed by atoms with Gasteiger partial charge in [-0.05, 0) is 12.3 Å². The molecule has 0 aliphatic rings. The lowest BCUT2D eigenvalue weighted by molar-refractivity contribution is -0.142. The van der Waals surface area contributed by atoms with Crippen LogP contribution in [0.2, 0.25) is 0 Å². The Labute approximate surface area is 140 Å². The van der Waals surface area contributed by atoms with Gasteiger partial charge in [-0.25, -0.2) is 12.7 Å². The SMILES string of the molecule is CC(C)C(N)CCN(C)S(=O)(=O)c1cnn(CC(F)(F)F)c1.Cl. The fourth-order valence-electron chi connectivity index (χ4n) is 1.71. The van der Waals surface area contributed by atoms with Gasteiger partial charge in [-0.3, -0.25) is 4.68 Å². The maximum atomic E-state index is 12.3. The summed E-state index contributed by atoms with van der Waals surface area (Å²) < 4.78 is 62.9. The Balaban J connectivity index is 0.00000484. The number of rotatable bonds is 7. The van der Waals surface area contributed by atoms with Gasteiger partial charge in [-0.15, -0.1) is 12.4 Å². The Hall–Kier alpha value is -0.840. The third-order valence-corrected chi connectivity index (χ3v) is 5.10. The molecule has 0 aromatic carbocycles. The zero-order chi connectivity index (χ0) is 17.1. The second kappa shape index (κ2) is 8.32. The van der Waals surface area contributed by atoms with Gasteiger partial charge in [0.15, 0.2) is 0 Å². The van der Waals surface area contributed by atoms with E-state index in [9.17, 15) is 21.6 Å². The van der Waals surface area contributed by atoms with E-state index in [-0.39, 0.29) is 35.8 Å². The first-order chi connectivity index (χ1) is 9.93. The molecule has 6 nitrogen and oxygen atoms in total. The van der Waals surface area contributed by atoms with Gasteiger partial charge in [-0.2, -0.15) is 18.3 Å². The van der Waals surface area contributed by atoms with Crippen molar-refractivity contribution >= 4 is 22.4 Å². The predicted molar refractivity (Wildman–Crippen MR) is 82.8 cm³/mol. The highest BCUT2D eigenvalue weighted by Gasteiger charge is 2.30. The monoisotopic (exact) mass is 378 g/mol. The van der Waals surface area contributed by atoms with Crippen LogP contribution in [0.5, 0.6) is 0 Å². The first kappa shape index (κ1) is 22.2. The van der Waals surface area contributed by atoms with Gasteiger partial charge in [0.05, 0.1) is 6.20 Å². The van der Waals surface area contributed by atoms with Gasteiger partial charge in [-0.1, -0.05) is 13.8 Å². The Bertz CT molecular complexity index is 589. The van der Waals surface area contributed by atoms with Crippen LogP contribution >= 0.6 is 12.4 Å². The molecular formula is C12H22ClF3N4O2S. The van der Waals surface area contributed by atoms with Crippen LogP contribution in [-0.2, 0) is 16.6 Å². The second-order valence-electron chi connectivity index (χ2n) is 5.51. The number of alkyl halides is 3. The van der Waals surface area contributed by atoms with Crippen molar-refractivity contribution in [3.8, 4) is 0 Å². The van der Waals surface area contributed by atoms with Gasteiger partial charge >= 0.3 is 6.18 Å². The van der Waals surface area contributed by atoms with E-state index < -0.39 is 22.7 Å². The van der Waals surface area contributed by atoms with Crippen molar-refractivity contribution in [2.75, 3.05) is 13.6 Å². The summed E-state index contributed by atoms with van der Waals surface area (Å²) in [7, 11) is -2.50. The number of halogens is 4. The van der Waals surface area contributed by atoms with Crippen molar-refractivity contribution in [3.63, 3.8) is 0 Å². The summed E-state index contributed by atoms with van der Waals surface area (Å²) in [5.41, 5.74) is 5.86. The maximum Gasteiger partial charge on any atom is 0.408 e. The molecule has 0 radical (unpaired) electrons. The fraction of sp³-hybridized carbons (Fsp3) is 0.750. The Morgan fingerprint density at radius 3 is 2.43 bits per heavy atom. The summed E-state index contributed by atoms with van der Waals surface area (Å²) in [6.45, 7) is 2.72. The van der Waals surface area contributed by atoms with E-state index in [0.717, 1.165) is 16.7 Å². The molecule has 1 rings (SSSR count). The van der Waals surface area contributed by atoms with Crippen LogP contribution in [0.15, 0.2) is 17.3 Å². The van der Waals surface area contributed by atoms with Crippen LogP contribution in [0.4, 0.5) is 13.2 Å². The summed E-state index contributed by atoms with van der Waals surface area (Å²) in [5, 5.41) is 3.44. The Kier molecular flexibility index (Phi) is 8.01. The molecule has 0 aliphatic heterocycles. The van der Waals surface area contributed by atoms with E-state index >= 15 is 0 Å². The first-order valence-electron chi connectivity index (χ1n) is 6.74. The highest BCUT2D eigenvalue weighted by molar-refractivity contribution is 7.89. The normalized spacial score (nSPS) is 14.1. The average molecular weight is 379 g/mol. The minimum atomic E-state index is -4.46. The summed E-state index contributed by atoms with van der Waals surface area (Å²) in [6, 6.07) is -0.148. The molecule has 0 amide bonds. The van der Waals surface area contributed by atoms with E-state index in [0.29, 0.717) is 11.1 Å². The number of nitrogens with zero attached hydrogens (tertiary/aromatic N) is 3. The van der Waals surface area contributed by atoms with Gasteiger partial charge in [0.1, 0.15) is 11.4 Å². The molecule has 1 unspecified atom stereocenters. The molecule has 11 heteroatoms. The van der Waals surface area contributed by atoms with Crippen molar-refractivity contribution in [1.82, 2.24) is 14.1 Å². The highest BCUT2D eigenvalue weighted by atomic mass is 35.5. The topological polar surface area (TPSA) is 81.2 Å². The highest BCUT2D eigenvalue weighted by Crippen LogP contribution is 2.19. The summed E-state index contributed by atoms with van der Waals surface area (Å²) in [4.78, 5) is -0.266. The molecule has 0 fully saturated rings. The molecule has 0 saturated carbocycles. The Morgan fingerprint density at radius 2 is 1.96 bits per heavy atom. The largest absolute Gasteiger partial charge is 0.408 e. The molecule has 2 N–H and O–H groups in total. The van der Waals surface area contributed by atoms with Crippen molar-refractivity contribution in [2.45, 2.75) is 43.9 Å². The predicted octanol–water partition coefficient (Wildman–Crippen LogP) is 1.86. The van der Waals surface area contributed by atoms with Crippen molar-refractivity contribution in [1.29, 1.82) is 0 Å². The molecule has 1 aromatic rings. The molecular weight excluding hydrogens is 357 g/mol. The minimum Gasteiger partial charge on any atom is -0.327 e. The summed E-state index contributed by atoms with van der Waals surface area (Å²) in [5.74, 6) is 0.214. The van der Waals surface area contributed by atoms with Crippen molar-refractivity contribution < 1.29 is 21.6 Å². The van der Waals surface area contributed by atoms with Gasteiger partial charge in [0, 0.05) is 25.8 Å². The molecule has 136 valence electrons. The Morgan fingerprint density at radius 1 is 1.39 bits per heavy atom. The van der Waals surface area contributed by atoms with Crippen molar-refractivity contribution in [3.05, 3.63) is 12.4 Å². The molecule has 1 heterocycles. The molecule has 1 aromatic heterocycles.